The van der Waals surface area contributed by atoms with Crippen LogP contribution in [-0.4, -0.2) is 24.2 Å². The molecule has 0 spiro atoms. The van der Waals surface area contributed by atoms with Crippen molar-refractivity contribution in [2.24, 2.45) is 5.92 Å². The number of hydrogen-bond donors (Lipinski definition) is 1. The monoisotopic (exact) mass is 185 g/mol. The van der Waals surface area contributed by atoms with Crippen LogP contribution in [0.3, 0.4) is 0 Å². The first-order valence-electron chi connectivity index (χ1n) is 4.85. The molecule has 3 heteroatoms. The first kappa shape index (κ1) is 10.5. The number of ether oxygens (including phenoxy) is 1. The minimum absolute atomic E-state index is 0.0887. The van der Waals surface area contributed by atoms with Crippen molar-refractivity contribution in [1.29, 1.82) is 0 Å². The first-order chi connectivity index (χ1) is 5.88. The largest absolute Gasteiger partial charge is 0.459 e. The van der Waals surface area contributed by atoms with Crippen molar-refractivity contribution < 1.29 is 9.53 Å². The van der Waals surface area contributed by atoms with Crippen LogP contribution in [0.1, 0.15) is 34.1 Å². The van der Waals surface area contributed by atoms with Gasteiger partial charge in [-0.1, -0.05) is 6.92 Å². The number of rotatable bonds is 1. The SMILES string of the molecule is CC1CNC(C(=O)OC(C)(C)C)C1. The van der Waals surface area contributed by atoms with Crippen molar-refractivity contribution in [3.63, 3.8) is 0 Å². The van der Waals surface area contributed by atoms with Gasteiger partial charge in [-0.3, -0.25) is 4.79 Å². The lowest BCUT2D eigenvalue weighted by molar-refractivity contribution is -0.157. The maximum atomic E-state index is 11.5. The Labute approximate surface area is 79.8 Å². The number of carbonyl (C=O) groups excluding carboxylic acids is 1. The second-order valence-corrected chi connectivity index (χ2v) is 4.84. The summed E-state index contributed by atoms with van der Waals surface area (Å²) in [6.07, 6.45) is 0.898. The fraction of sp³-hybridized carbons (Fsp3) is 0.900. The average Bonchev–Trinajstić information content (AvgIpc) is 2.31. The molecule has 1 N–H and O–H groups in total. The minimum Gasteiger partial charge on any atom is -0.459 e. The maximum absolute atomic E-state index is 11.5. The quantitative estimate of drug-likeness (QED) is 0.626. The Morgan fingerprint density at radius 1 is 1.46 bits per heavy atom. The Bertz CT molecular complexity index is 196. The molecule has 0 radical (unpaired) electrons. The van der Waals surface area contributed by atoms with Crippen LogP contribution in [0, 0.1) is 5.92 Å². The van der Waals surface area contributed by atoms with Crippen molar-refractivity contribution in [1.82, 2.24) is 5.32 Å². The summed E-state index contributed by atoms with van der Waals surface area (Å²) in [6.45, 7) is 8.73. The van der Waals surface area contributed by atoms with E-state index in [0.29, 0.717) is 5.92 Å². The van der Waals surface area contributed by atoms with Crippen LogP contribution in [0.5, 0.6) is 0 Å². The predicted octanol–water partition coefficient (Wildman–Crippen LogP) is 1.33. The molecule has 0 bridgehead atoms. The van der Waals surface area contributed by atoms with E-state index < -0.39 is 0 Å². The summed E-state index contributed by atoms with van der Waals surface area (Å²) in [5, 5.41) is 3.15. The topological polar surface area (TPSA) is 38.3 Å². The smallest absolute Gasteiger partial charge is 0.323 e. The highest BCUT2D eigenvalue weighted by atomic mass is 16.6. The molecule has 0 aromatic heterocycles. The lowest BCUT2D eigenvalue weighted by Gasteiger charge is -2.22. The van der Waals surface area contributed by atoms with Crippen molar-refractivity contribution >= 4 is 5.97 Å². The molecule has 0 aliphatic carbocycles. The highest BCUT2D eigenvalue weighted by molar-refractivity contribution is 5.76. The van der Waals surface area contributed by atoms with E-state index in [1.54, 1.807) is 0 Å². The molecule has 1 heterocycles. The molecule has 0 amide bonds. The van der Waals surface area contributed by atoms with Gasteiger partial charge >= 0.3 is 5.97 Å². The van der Waals surface area contributed by atoms with Crippen LogP contribution < -0.4 is 5.32 Å². The van der Waals surface area contributed by atoms with Crippen molar-refractivity contribution in [3.8, 4) is 0 Å². The Kier molecular flexibility index (Phi) is 2.96. The third kappa shape index (κ3) is 3.35. The molecule has 1 aliphatic rings. The highest BCUT2D eigenvalue weighted by Crippen LogP contribution is 2.16. The number of nitrogens with one attached hydrogen (secondary N) is 1. The lowest BCUT2D eigenvalue weighted by Crippen LogP contribution is -2.37. The zero-order valence-corrected chi connectivity index (χ0v) is 8.89. The van der Waals surface area contributed by atoms with Crippen molar-refractivity contribution in [3.05, 3.63) is 0 Å². The van der Waals surface area contributed by atoms with Gasteiger partial charge in [-0.25, -0.2) is 0 Å². The molecule has 3 nitrogen and oxygen atoms in total. The summed E-state index contributed by atoms with van der Waals surface area (Å²) in [7, 11) is 0. The van der Waals surface area contributed by atoms with Gasteiger partial charge in [-0.15, -0.1) is 0 Å². The fourth-order valence-electron chi connectivity index (χ4n) is 1.46. The second kappa shape index (κ2) is 3.66. The van der Waals surface area contributed by atoms with Crippen LogP contribution in [0.25, 0.3) is 0 Å². The Balaban J connectivity index is 2.41. The van der Waals surface area contributed by atoms with E-state index in [1.165, 1.54) is 0 Å². The van der Waals surface area contributed by atoms with Gasteiger partial charge in [-0.2, -0.15) is 0 Å². The van der Waals surface area contributed by atoms with Crippen LogP contribution in [0.2, 0.25) is 0 Å². The van der Waals surface area contributed by atoms with Gasteiger partial charge in [0, 0.05) is 0 Å². The standard InChI is InChI=1S/C10H19NO2/c1-7-5-8(11-6-7)9(12)13-10(2,3)4/h7-8,11H,5-6H2,1-4H3. The molecular formula is C10H19NO2. The van der Waals surface area contributed by atoms with Gasteiger partial charge in [0.1, 0.15) is 11.6 Å². The number of hydrogen-bond acceptors (Lipinski definition) is 3. The Morgan fingerprint density at radius 2 is 2.08 bits per heavy atom. The summed E-state index contributed by atoms with van der Waals surface area (Å²) in [5.74, 6) is 0.467. The molecule has 1 aliphatic heterocycles. The molecule has 1 saturated heterocycles. The lowest BCUT2D eigenvalue weighted by atomic mass is 10.1. The first-order valence-corrected chi connectivity index (χ1v) is 4.85. The van der Waals surface area contributed by atoms with Crippen LogP contribution >= 0.6 is 0 Å². The van der Waals surface area contributed by atoms with E-state index in [0.717, 1.165) is 13.0 Å². The van der Waals surface area contributed by atoms with E-state index in [-0.39, 0.29) is 17.6 Å². The summed E-state index contributed by atoms with van der Waals surface area (Å²) in [6, 6.07) is -0.0887. The molecular weight excluding hydrogens is 166 g/mol. The summed E-state index contributed by atoms with van der Waals surface area (Å²) >= 11 is 0. The summed E-state index contributed by atoms with van der Waals surface area (Å²) in [4.78, 5) is 11.5. The Hall–Kier alpha value is -0.570. The number of carbonyl (C=O) groups is 1. The average molecular weight is 185 g/mol. The molecule has 1 fully saturated rings. The summed E-state index contributed by atoms with van der Waals surface area (Å²) < 4.78 is 5.27. The third-order valence-corrected chi connectivity index (χ3v) is 2.04. The van der Waals surface area contributed by atoms with Crippen LogP contribution in [0.15, 0.2) is 0 Å². The van der Waals surface area contributed by atoms with Gasteiger partial charge in [0.05, 0.1) is 0 Å². The summed E-state index contributed by atoms with van der Waals surface area (Å²) in [5.41, 5.74) is -0.370. The van der Waals surface area contributed by atoms with Gasteiger partial charge < -0.3 is 10.1 Å². The molecule has 76 valence electrons. The molecule has 0 saturated carbocycles. The van der Waals surface area contributed by atoms with E-state index in [1.807, 2.05) is 20.8 Å². The van der Waals surface area contributed by atoms with Gasteiger partial charge in [0.25, 0.3) is 0 Å². The van der Waals surface area contributed by atoms with E-state index in [9.17, 15) is 4.79 Å². The minimum atomic E-state index is -0.370. The Morgan fingerprint density at radius 3 is 2.46 bits per heavy atom. The molecule has 0 aromatic rings. The highest BCUT2D eigenvalue weighted by Gasteiger charge is 2.30. The molecule has 0 aromatic carbocycles. The molecule has 2 atom stereocenters. The fourth-order valence-corrected chi connectivity index (χ4v) is 1.46. The zero-order chi connectivity index (χ0) is 10.1. The molecule has 13 heavy (non-hydrogen) atoms. The molecule has 1 rings (SSSR count). The second-order valence-electron chi connectivity index (χ2n) is 4.84. The maximum Gasteiger partial charge on any atom is 0.323 e. The zero-order valence-electron chi connectivity index (χ0n) is 8.89. The van der Waals surface area contributed by atoms with Gasteiger partial charge in [-0.05, 0) is 39.7 Å². The van der Waals surface area contributed by atoms with Crippen molar-refractivity contribution in [2.45, 2.75) is 45.8 Å². The van der Waals surface area contributed by atoms with Gasteiger partial charge in [0.15, 0.2) is 0 Å². The normalized spacial score (nSPS) is 28.9. The number of esters is 1. The van der Waals surface area contributed by atoms with E-state index in [4.69, 9.17) is 4.74 Å². The van der Waals surface area contributed by atoms with Crippen LogP contribution in [-0.2, 0) is 9.53 Å². The van der Waals surface area contributed by atoms with E-state index in [2.05, 4.69) is 12.2 Å². The van der Waals surface area contributed by atoms with E-state index >= 15 is 0 Å². The third-order valence-electron chi connectivity index (χ3n) is 2.04. The molecule has 2 unspecified atom stereocenters. The van der Waals surface area contributed by atoms with Crippen LogP contribution in [0.4, 0.5) is 0 Å². The predicted molar refractivity (Wildman–Crippen MR) is 51.4 cm³/mol. The van der Waals surface area contributed by atoms with Crippen molar-refractivity contribution in [2.75, 3.05) is 6.54 Å². The van der Waals surface area contributed by atoms with Gasteiger partial charge in [0.2, 0.25) is 0 Å².